The van der Waals surface area contributed by atoms with Crippen molar-refractivity contribution in [2.75, 3.05) is 0 Å². The van der Waals surface area contributed by atoms with E-state index in [1.807, 2.05) is 0 Å². The lowest BCUT2D eigenvalue weighted by Gasteiger charge is -2.28. The average molecular weight is 761 g/mol. The molecule has 0 bridgehead atoms. The molecule has 11 aromatic rings. The molecule has 0 amide bonds. The maximum Gasteiger partial charge on any atom is 0.0435 e. The Kier molecular flexibility index (Phi) is 7.77. The Hall–Kier alpha value is -7.54. The van der Waals surface area contributed by atoms with Gasteiger partial charge in [0.2, 0.25) is 0 Å². The van der Waals surface area contributed by atoms with E-state index in [1.165, 1.54) is 115 Å². The molecule has 1 aliphatic rings. The first-order valence-electron chi connectivity index (χ1n) is 21.0. The van der Waals surface area contributed by atoms with Crippen LogP contribution in [0.4, 0.5) is 0 Å². The molecule has 0 heteroatoms. The predicted molar refractivity (Wildman–Crippen MR) is 256 cm³/mol. The summed E-state index contributed by atoms with van der Waals surface area (Å²) < 4.78 is 0. The van der Waals surface area contributed by atoms with E-state index in [2.05, 4.69) is 231 Å². The smallest absolute Gasteiger partial charge is 0.0435 e. The third-order valence-corrected chi connectivity index (χ3v) is 13.3. The molecule has 0 fully saturated rings. The molecule has 0 saturated carbocycles. The summed E-state index contributed by atoms with van der Waals surface area (Å²) in [6.07, 6.45) is 0. The SMILES string of the molecule is CC1(c2ccccc2)c2ccccc2-c2cc3ccc(-c4ccc(-c5c6ccccc6c(-c6ccccc6)c6ccc7ccccc7c56)cc4-c4ccccc4)cc3cc21. The molecular formula is C60H40. The lowest BCUT2D eigenvalue weighted by molar-refractivity contribution is 0.715. The van der Waals surface area contributed by atoms with Crippen LogP contribution in [0, 0.1) is 0 Å². The van der Waals surface area contributed by atoms with E-state index in [0.29, 0.717) is 0 Å². The highest BCUT2D eigenvalue weighted by molar-refractivity contribution is 6.28. The number of rotatable bonds is 5. The third kappa shape index (κ3) is 5.17. The molecule has 60 heavy (non-hydrogen) atoms. The van der Waals surface area contributed by atoms with Crippen LogP contribution in [0.15, 0.2) is 224 Å². The minimum atomic E-state index is -0.250. The van der Waals surface area contributed by atoms with Crippen molar-refractivity contribution < 1.29 is 0 Å². The van der Waals surface area contributed by atoms with Crippen molar-refractivity contribution in [3.63, 3.8) is 0 Å². The second-order valence-electron chi connectivity index (χ2n) is 16.5. The van der Waals surface area contributed by atoms with Crippen LogP contribution in [0.1, 0.15) is 23.6 Å². The zero-order valence-electron chi connectivity index (χ0n) is 33.4. The van der Waals surface area contributed by atoms with Crippen molar-refractivity contribution >= 4 is 43.1 Å². The van der Waals surface area contributed by atoms with Gasteiger partial charge >= 0.3 is 0 Å². The standard InChI is InChI=1S/C60H40/c1-60(46-22-9-4-10-23-46)55-28-16-15-25-49(55)54-36-42-29-30-43(35-45(42)38-56(54)60)47-33-32-44(37-53(47)39-17-5-2-6-18-39)58-51-27-14-13-26-50(51)57(41-20-7-3-8-21-41)52-34-31-40-19-11-12-24-48(40)59(52)58/h2-38H,1H3. The van der Waals surface area contributed by atoms with Crippen LogP contribution >= 0.6 is 0 Å². The fourth-order valence-electron chi connectivity index (χ4n) is 10.5. The Balaban J connectivity index is 1.10. The summed E-state index contributed by atoms with van der Waals surface area (Å²) in [6.45, 7) is 2.40. The Labute approximate surface area is 350 Å². The number of hydrogen-bond acceptors (Lipinski definition) is 0. The molecule has 1 atom stereocenters. The summed E-state index contributed by atoms with van der Waals surface area (Å²) in [5, 5.41) is 10.1. The van der Waals surface area contributed by atoms with Gasteiger partial charge in [-0.2, -0.15) is 0 Å². The van der Waals surface area contributed by atoms with Crippen LogP contribution in [0.25, 0.3) is 98.7 Å². The highest BCUT2D eigenvalue weighted by Crippen LogP contribution is 2.54. The van der Waals surface area contributed by atoms with Crippen molar-refractivity contribution in [1.82, 2.24) is 0 Å². The van der Waals surface area contributed by atoms with E-state index in [9.17, 15) is 0 Å². The van der Waals surface area contributed by atoms with Gasteiger partial charge in [0.15, 0.2) is 0 Å². The van der Waals surface area contributed by atoms with Crippen LogP contribution < -0.4 is 0 Å². The van der Waals surface area contributed by atoms with E-state index in [-0.39, 0.29) is 5.41 Å². The summed E-state index contributed by atoms with van der Waals surface area (Å²) >= 11 is 0. The van der Waals surface area contributed by atoms with Crippen LogP contribution in [0.3, 0.4) is 0 Å². The van der Waals surface area contributed by atoms with Gasteiger partial charge in [0.05, 0.1) is 0 Å². The van der Waals surface area contributed by atoms with Gasteiger partial charge in [-0.15, -0.1) is 0 Å². The quantitative estimate of drug-likeness (QED) is 0.121. The first-order chi connectivity index (χ1) is 29.6. The van der Waals surface area contributed by atoms with Crippen molar-refractivity contribution in [1.29, 1.82) is 0 Å². The summed E-state index contributed by atoms with van der Waals surface area (Å²) in [5.41, 5.74) is 16.3. The van der Waals surface area contributed by atoms with E-state index in [4.69, 9.17) is 0 Å². The number of fused-ring (bicyclic) bond motifs is 8. The van der Waals surface area contributed by atoms with Crippen molar-refractivity contribution in [3.8, 4) is 55.6 Å². The number of benzene rings is 11. The average Bonchev–Trinajstić information content (AvgIpc) is 3.57. The fraction of sp³-hybridized carbons (Fsp3) is 0.0333. The zero-order chi connectivity index (χ0) is 39.8. The fourth-order valence-corrected chi connectivity index (χ4v) is 10.5. The van der Waals surface area contributed by atoms with Crippen LogP contribution in [-0.4, -0.2) is 0 Å². The van der Waals surface area contributed by atoms with Gasteiger partial charge < -0.3 is 0 Å². The topological polar surface area (TPSA) is 0 Å². The lowest BCUT2D eigenvalue weighted by atomic mass is 9.74. The molecule has 1 aliphatic carbocycles. The molecule has 0 aromatic heterocycles. The molecule has 12 rings (SSSR count). The van der Waals surface area contributed by atoms with Crippen LogP contribution in [0.5, 0.6) is 0 Å². The lowest BCUT2D eigenvalue weighted by Crippen LogP contribution is -2.22. The maximum absolute atomic E-state index is 2.47. The Morgan fingerprint density at radius 1 is 0.283 bits per heavy atom. The second kappa shape index (κ2) is 13.5. The molecule has 0 saturated heterocycles. The molecule has 0 nitrogen and oxygen atoms in total. The van der Waals surface area contributed by atoms with Crippen molar-refractivity contribution in [2.45, 2.75) is 12.3 Å². The molecule has 0 radical (unpaired) electrons. The third-order valence-electron chi connectivity index (χ3n) is 13.3. The molecule has 0 spiro atoms. The van der Waals surface area contributed by atoms with Gasteiger partial charge in [-0.05, 0) is 147 Å². The van der Waals surface area contributed by atoms with Gasteiger partial charge in [0.25, 0.3) is 0 Å². The summed E-state index contributed by atoms with van der Waals surface area (Å²) in [5.74, 6) is 0. The molecule has 11 aromatic carbocycles. The summed E-state index contributed by atoms with van der Waals surface area (Å²) in [7, 11) is 0. The monoisotopic (exact) mass is 760 g/mol. The largest absolute Gasteiger partial charge is 0.0622 e. The van der Waals surface area contributed by atoms with Gasteiger partial charge in [-0.1, -0.05) is 200 Å². The van der Waals surface area contributed by atoms with E-state index in [1.54, 1.807) is 0 Å². The summed E-state index contributed by atoms with van der Waals surface area (Å²) in [6, 6.07) is 83.4. The second-order valence-corrected chi connectivity index (χ2v) is 16.5. The Morgan fingerprint density at radius 2 is 0.900 bits per heavy atom. The van der Waals surface area contributed by atoms with Gasteiger partial charge in [-0.3, -0.25) is 0 Å². The Bertz CT molecular complexity index is 3470. The zero-order valence-corrected chi connectivity index (χ0v) is 33.4. The van der Waals surface area contributed by atoms with Crippen molar-refractivity contribution in [3.05, 3.63) is 241 Å². The van der Waals surface area contributed by atoms with Crippen LogP contribution in [-0.2, 0) is 5.41 Å². The minimum Gasteiger partial charge on any atom is -0.0622 e. The molecular weight excluding hydrogens is 721 g/mol. The maximum atomic E-state index is 2.47. The van der Waals surface area contributed by atoms with Crippen LogP contribution in [0.2, 0.25) is 0 Å². The number of hydrogen-bond donors (Lipinski definition) is 0. The molecule has 1 unspecified atom stereocenters. The minimum absolute atomic E-state index is 0.250. The van der Waals surface area contributed by atoms with Gasteiger partial charge in [-0.25, -0.2) is 0 Å². The first kappa shape index (κ1) is 34.5. The van der Waals surface area contributed by atoms with E-state index >= 15 is 0 Å². The normalized spacial score (nSPS) is 14.5. The summed E-state index contributed by atoms with van der Waals surface area (Å²) in [4.78, 5) is 0. The van der Waals surface area contributed by atoms with Gasteiger partial charge in [0, 0.05) is 5.41 Å². The molecule has 280 valence electrons. The predicted octanol–water partition coefficient (Wildman–Crippen LogP) is 16.3. The Morgan fingerprint density at radius 3 is 1.68 bits per heavy atom. The van der Waals surface area contributed by atoms with Crippen molar-refractivity contribution in [2.24, 2.45) is 0 Å². The highest BCUT2D eigenvalue weighted by atomic mass is 14.4. The van der Waals surface area contributed by atoms with E-state index < -0.39 is 0 Å². The van der Waals surface area contributed by atoms with E-state index in [0.717, 1.165) is 0 Å². The molecule has 0 aliphatic heterocycles. The molecule has 0 N–H and O–H groups in total. The molecule has 0 heterocycles. The highest BCUT2D eigenvalue weighted by Gasteiger charge is 2.40. The first-order valence-corrected chi connectivity index (χ1v) is 21.0. The van der Waals surface area contributed by atoms with Gasteiger partial charge in [0.1, 0.15) is 0 Å².